The number of rotatable bonds is 4. The lowest BCUT2D eigenvalue weighted by Gasteiger charge is -2.34. The van der Waals surface area contributed by atoms with Gasteiger partial charge in [0, 0.05) is 30.9 Å². The summed E-state index contributed by atoms with van der Waals surface area (Å²) in [5.74, 6) is 0. The van der Waals surface area contributed by atoms with E-state index < -0.39 is 0 Å². The third-order valence-electron chi connectivity index (χ3n) is 6.29. The molecule has 5 heteroatoms. The molecule has 0 aromatic heterocycles. The summed E-state index contributed by atoms with van der Waals surface area (Å²) in [6, 6.07) is 8.23. The fraction of sp³-hybridized carbons (Fsp3) is 0.478. The monoisotopic (exact) mass is 397 g/mol. The van der Waals surface area contributed by atoms with Crippen molar-refractivity contribution in [1.82, 2.24) is 15.1 Å². The van der Waals surface area contributed by atoms with Crippen molar-refractivity contribution < 1.29 is 4.74 Å². The Balaban J connectivity index is 1.49. The topological polar surface area (TPSA) is 27.7 Å². The summed E-state index contributed by atoms with van der Waals surface area (Å²) in [4.78, 5) is 5.02. The molecule has 0 amide bonds. The molecule has 1 fully saturated rings. The molecule has 1 saturated heterocycles. The van der Waals surface area contributed by atoms with Crippen LogP contribution in [0.2, 0.25) is 5.02 Å². The van der Waals surface area contributed by atoms with Gasteiger partial charge < -0.3 is 15.0 Å². The molecule has 1 aromatic carbocycles. The fourth-order valence-electron chi connectivity index (χ4n) is 4.74. The summed E-state index contributed by atoms with van der Waals surface area (Å²) in [7, 11) is 0. The van der Waals surface area contributed by atoms with Crippen LogP contribution in [0.1, 0.15) is 37.7 Å². The molecular formula is C23H28ClN3O. The van der Waals surface area contributed by atoms with E-state index in [2.05, 4.69) is 39.5 Å². The van der Waals surface area contributed by atoms with E-state index >= 15 is 0 Å². The largest absolute Gasteiger partial charge is 0.379 e. The van der Waals surface area contributed by atoms with E-state index in [0.29, 0.717) is 6.17 Å². The third-order valence-corrected chi connectivity index (χ3v) is 6.54. The first-order chi connectivity index (χ1) is 13.8. The van der Waals surface area contributed by atoms with Crippen molar-refractivity contribution in [3.63, 3.8) is 0 Å². The molecule has 1 aliphatic carbocycles. The second-order valence-electron chi connectivity index (χ2n) is 8.10. The third kappa shape index (κ3) is 3.61. The molecule has 4 aliphatic rings. The summed E-state index contributed by atoms with van der Waals surface area (Å²) in [6.45, 7) is 4.60. The smallest absolute Gasteiger partial charge is 0.103 e. The maximum atomic E-state index is 6.14. The Morgan fingerprint density at radius 2 is 1.89 bits per heavy atom. The first kappa shape index (κ1) is 18.3. The van der Waals surface area contributed by atoms with Crippen LogP contribution in [0.15, 0.2) is 53.4 Å². The average Bonchev–Trinajstić information content (AvgIpc) is 3.38. The van der Waals surface area contributed by atoms with Crippen molar-refractivity contribution in [2.24, 2.45) is 0 Å². The summed E-state index contributed by atoms with van der Waals surface area (Å²) >= 11 is 6.14. The maximum Gasteiger partial charge on any atom is 0.103 e. The Hall–Kier alpha value is -1.75. The zero-order chi connectivity index (χ0) is 18.9. The SMILES string of the molecule is Clc1ccc(C2=C(CN3CCOCC3)N3C=C(C4=CCCC4)CCC3N2)cc1. The van der Waals surface area contributed by atoms with Gasteiger partial charge in [-0.3, -0.25) is 4.90 Å². The lowest BCUT2D eigenvalue weighted by atomic mass is 9.97. The van der Waals surface area contributed by atoms with Crippen molar-refractivity contribution in [3.8, 4) is 0 Å². The molecule has 5 rings (SSSR count). The van der Waals surface area contributed by atoms with Crippen LogP contribution < -0.4 is 5.32 Å². The Bertz CT molecular complexity index is 821. The van der Waals surface area contributed by atoms with Gasteiger partial charge in [0.15, 0.2) is 0 Å². The molecule has 4 nitrogen and oxygen atoms in total. The Labute approximate surface area is 172 Å². The zero-order valence-corrected chi connectivity index (χ0v) is 17.0. The van der Waals surface area contributed by atoms with Crippen molar-refractivity contribution in [1.29, 1.82) is 0 Å². The minimum Gasteiger partial charge on any atom is -0.379 e. The average molecular weight is 398 g/mol. The van der Waals surface area contributed by atoms with Crippen LogP contribution in [0, 0.1) is 0 Å². The first-order valence-corrected chi connectivity index (χ1v) is 10.9. The normalized spacial score (nSPS) is 25.5. The van der Waals surface area contributed by atoms with Gasteiger partial charge in [0.1, 0.15) is 6.17 Å². The second kappa shape index (κ2) is 7.94. The van der Waals surface area contributed by atoms with E-state index in [1.54, 1.807) is 5.57 Å². The van der Waals surface area contributed by atoms with Gasteiger partial charge >= 0.3 is 0 Å². The number of nitrogens with one attached hydrogen (secondary N) is 1. The van der Waals surface area contributed by atoms with Crippen molar-refractivity contribution in [3.05, 3.63) is 64.0 Å². The number of fused-ring (bicyclic) bond motifs is 1. The number of hydrogen-bond acceptors (Lipinski definition) is 4. The molecule has 0 radical (unpaired) electrons. The summed E-state index contributed by atoms with van der Waals surface area (Å²) in [5.41, 5.74) is 6.96. The highest BCUT2D eigenvalue weighted by atomic mass is 35.5. The molecule has 148 valence electrons. The maximum absolute atomic E-state index is 6.14. The fourth-order valence-corrected chi connectivity index (χ4v) is 4.87. The van der Waals surface area contributed by atoms with Crippen LogP contribution in [-0.2, 0) is 4.74 Å². The second-order valence-corrected chi connectivity index (χ2v) is 8.54. The van der Waals surface area contributed by atoms with Gasteiger partial charge in [0.2, 0.25) is 0 Å². The van der Waals surface area contributed by atoms with E-state index in [1.165, 1.54) is 48.2 Å². The molecule has 1 N–H and O–H groups in total. The molecule has 3 heterocycles. The van der Waals surface area contributed by atoms with E-state index in [0.717, 1.165) is 44.3 Å². The number of halogens is 1. The van der Waals surface area contributed by atoms with E-state index in [4.69, 9.17) is 16.3 Å². The van der Waals surface area contributed by atoms with Gasteiger partial charge in [-0.25, -0.2) is 0 Å². The van der Waals surface area contributed by atoms with Crippen molar-refractivity contribution >= 4 is 17.3 Å². The van der Waals surface area contributed by atoms with Crippen LogP contribution in [0.4, 0.5) is 0 Å². The lowest BCUT2D eigenvalue weighted by molar-refractivity contribution is 0.0397. The van der Waals surface area contributed by atoms with Crippen molar-refractivity contribution in [2.45, 2.75) is 38.3 Å². The van der Waals surface area contributed by atoms with Gasteiger partial charge in [0.05, 0.1) is 24.6 Å². The Kier molecular flexibility index (Phi) is 5.19. The van der Waals surface area contributed by atoms with Crippen LogP contribution in [0.5, 0.6) is 0 Å². The number of allylic oxidation sites excluding steroid dienone is 3. The van der Waals surface area contributed by atoms with E-state index in [-0.39, 0.29) is 0 Å². The van der Waals surface area contributed by atoms with Gasteiger partial charge in [-0.1, -0.05) is 29.8 Å². The van der Waals surface area contributed by atoms with Gasteiger partial charge in [-0.2, -0.15) is 0 Å². The molecule has 0 saturated carbocycles. The Morgan fingerprint density at radius 1 is 1.07 bits per heavy atom. The molecule has 1 unspecified atom stereocenters. The lowest BCUT2D eigenvalue weighted by Crippen LogP contribution is -2.41. The van der Waals surface area contributed by atoms with Crippen LogP contribution in [0.3, 0.4) is 0 Å². The number of morpholine rings is 1. The predicted molar refractivity (Wildman–Crippen MR) is 114 cm³/mol. The van der Waals surface area contributed by atoms with Gasteiger partial charge in [0.25, 0.3) is 0 Å². The minimum atomic E-state index is 0.354. The minimum absolute atomic E-state index is 0.354. The zero-order valence-electron chi connectivity index (χ0n) is 16.3. The number of ether oxygens (including phenoxy) is 1. The summed E-state index contributed by atoms with van der Waals surface area (Å²) in [6.07, 6.45) is 11.3. The number of nitrogens with zero attached hydrogens (tertiary/aromatic N) is 2. The van der Waals surface area contributed by atoms with Gasteiger partial charge in [-0.05, 0) is 60.9 Å². The van der Waals surface area contributed by atoms with Crippen LogP contribution in [-0.4, -0.2) is 48.8 Å². The van der Waals surface area contributed by atoms with E-state index in [9.17, 15) is 0 Å². The summed E-state index contributed by atoms with van der Waals surface area (Å²) in [5, 5.41) is 4.60. The molecule has 3 aliphatic heterocycles. The van der Waals surface area contributed by atoms with Crippen LogP contribution >= 0.6 is 11.6 Å². The standard InChI is InChI=1S/C23H28ClN3O/c24-20-8-5-18(6-9-20)23-21(16-26-11-13-28-14-12-26)27-15-19(7-10-22(27)25-23)17-3-1-2-4-17/h3,5-6,8-9,15,22,25H,1-2,4,7,10-14,16H2. The van der Waals surface area contributed by atoms with Gasteiger partial charge in [-0.15, -0.1) is 0 Å². The number of hydrogen-bond donors (Lipinski definition) is 1. The molecule has 1 aromatic rings. The summed E-state index contributed by atoms with van der Waals surface area (Å²) < 4.78 is 5.56. The predicted octanol–water partition coefficient (Wildman–Crippen LogP) is 4.36. The molecule has 0 spiro atoms. The van der Waals surface area contributed by atoms with Crippen LogP contribution in [0.25, 0.3) is 5.70 Å². The quantitative estimate of drug-likeness (QED) is 0.816. The molecule has 1 atom stereocenters. The highest BCUT2D eigenvalue weighted by Crippen LogP contribution is 2.38. The van der Waals surface area contributed by atoms with Crippen molar-refractivity contribution in [2.75, 3.05) is 32.8 Å². The molecule has 0 bridgehead atoms. The highest BCUT2D eigenvalue weighted by Gasteiger charge is 2.35. The highest BCUT2D eigenvalue weighted by molar-refractivity contribution is 6.30. The molecule has 28 heavy (non-hydrogen) atoms. The molecular weight excluding hydrogens is 370 g/mol. The Morgan fingerprint density at radius 3 is 2.64 bits per heavy atom. The number of benzene rings is 1. The van der Waals surface area contributed by atoms with E-state index in [1.807, 2.05) is 12.1 Å². The first-order valence-electron chi connectivity index (χ1n) is 10.5.